The van der Waals surface area contributed by atoms with Gasteiger partial charge < -0.3 is 10.1 Å². The van der Waals surface area contributed by atoms with Crippen molar-refractivity contribution >= 4 is 38.5 Å². The lowest BCUT2D eigenvalue weighted by atomic mass is 9.97. The predicted molar refractivity (Wildman–Crippen MR) is 118 cm³/mol. The number of nitrogens with zero attached hydrogens (tertiary/aromatic N) is 1. The Morgan fingerprint density at radius 1 is 0.931 bits per heavy atom. The number of benzene rings is 2. The van der Waals surface area contributed by atoms with Crippen LogP contribution in [0.4, 0.5) is 0 Å². The molecule has 150 valence electrons. The first-order chi connectivity index (χ1) is 14.1. The highest BCUT2D eigenvalue weighted by molar-refractivity contribution is 6.16. The monoisotopic (exact) mass is 389 g/mol. The fourth-order valence-electron chi connectivity index (χ4n) is 4.49. The number of unbranched alkanes of at least 4 members (excludes halogenated alkanes) is 4. The van der Waals surface area contributed by atoms with Gasteiger partial charge in [-0.15, -0.1) is 0 Å². The number of rotatable bonds is 8. The highest BCUT2D eigenvalue weighted by atomic mass is 16.4. The van der Waals surface area contributed by atoms with E-state index in [1.807, 2.05) is 0 Å². The summed E-state index contributed by atoms with van der Waals surface area (Å²) in [6, 6.07) is 10.8. The zero-order valence-electron chi connectivity index (χ0n) is 17.3. The first-order valence-corrected chi connectivity index (χ1v) is 10.6. The third-order valence-electron chi connectivity index (χ3n) is 6.09. The van der Waals surface area contributed by atoms with Crippen molar-refractivity contribution in [1.82, 2.24) is 4.98 Å². The number of H-pyrrole nitrogens is 1. The Kier molecular flexibility index (Phi) is 5.52. The normalized spacial score (nSPS) is 11.7. The number of carboxylic acid groups (broad SMARTS) is 1. The molecule has 4 rings (SSSR count). The molecular formula is C25H29N2O2+. The van der Waals surface area contributed by atoms with Crippen LogP contribution in [-0.2, 0) is 11.3 Å². The topological polar surface area (TPSA) is 57.0 Å². The molecule has 2 aromatic carbocycles. The molecule has 0 aliphatic heterocycles. The molecule has 0 bridgehead atoms. The number of carboxylic acids is 1. The number of para-hydroxylation sites is 1. The SMILES string of the molecule is Cc1c2cc[n+](CCCCCCCC(=O)O)cc2c(C)c2c1[nH]c1ccccc12. The molecule has 0 fully saturated rings. The van der Waals surface area contributed by atoms with Crippen molar-refractivity contribution in [3.05, 3.63) is 53.9 Å². The summed E-state index contributed by atoms with van der Waals surface area (Å²) in [6.07, 6.45) is 9.94. The van der Waals surface area contributed by atoms with Gasteiger partial charge >= 0.3 is 5.97 Å². The maximum absolute atomic E-state index is 10.6. The quantitative estimate of drug-likeness (QED) is 0.295. The first-order valence-electron chi connectivity index (χ1n) is 10.6. The lowest BCUT2D eigenvalue weighted by Crippen LogP contribution is -2.32. The molecule has 0 unspecified atom stereocenters. The molecule has 0 radical (unpaired) electrons. The van der Waals surface area contributed by atoms with E-state index in [4.69, 9.17) is 5.11 Å². The molecule has 4 aromatic rings. The van der Waals surface area contributed by atoms with Crippen molar-refractivity contribution in [2.24, 2.45) is 0 Å². The van der Waals surface area contributed by atoms with Crippen molar-refractivity contribution in [3.8, 4) is 0 Å². The van der Waals surface area contributed by atoms with Gasteiger partial charge in [-0.25, -0.2) is 4.57 Å². The third-order valence-corrected chi connectivity index (χ3v) is 6.09. The Morgan fingerprint density at radius 2 is 1.69 bits per heavy atom. The largest absolute Gasteiger partial charge is 0.481 e. The van der Waals surface area contributed by atoms with E-state index in [0.717, 1.165) is 38.6 Å². The Bertz CT molecular complexity index is 1190. The third kappa shape index (κ3) is 3.84. The standard InChI is InChI=1S/C25H28N2O2/c1-17-21-16-27(14-9-5-3-4-6-12-23(28)29)15-13-19(21)18(2)25-24(17)20-10-7-8-11-22(20)26-25/h7-8,10-11,13,15-16H,3-6,9,12,14H2,1-2H3,(H,28,29)/p+1. The molecule has 0 aliphatic carbocycles. The number of fused-ring (bicyclic) bond motifs is 4. The second-order valence-corrected chi connectivity index (χ2v) is 8.09. The van der Waals surface area contributed by atoms with Gasteiger partial charge in [0.1, 0.15) is 6.54 Å². The molecule has 2 heterocycles. The number of aromatic nitrogens is 2. The summed E-state index contributed by atoms with van der Waals surface area (Å²) in [5.41, 5.74) is 5.08. The van der Waals surface area contributed by atoms with Crippen molar-refractivity contribution in [2.45, 2.75) is 58.9 Å². The summed E-state index contributed by atoms with van der Waals surface area (Å²) < 4.78 is 2.30. The molecule has 0 spiro atoms. The lowest BCUT2D eigenvalue weighted by Gasteiger charge is -2.08. The molecule has 0 amide bonds. The van der Waals surface area contributed by atoms with Crippen LogP contribution >= 0.6 is 0 Å². The Balaban J connectivity index is 1.55. The van der Waals surface area contributed by atoms with Crippen molar-refractivity contribution in [1.29, 1.82) is 0 Å². The number of aromatic amines is 1. The molecule has 4 heteroatoms. The Labute approximate surface area is 171 Å². The van der Waals surface area contributed by atoms with E-state index in [1.165, 1.54) is 43.7 Å². The number of aryl methyl sites for hydroxylation is 3. The number of hydrogen-bond acceptors (Lipinski definition) is 1. The van der Waals surface area contributed by atoms with Gasteiger partial charge in [-0.2, -0.15) is 0 Å². The van der Waals surface area contributed by atoms with Crippen LogP contribution in [0.2, 0.25) is 0 Å². The van der Waals surface area contributed by atoms with Crippen LogP contribution in [0, 0.1) is 13.8 Å². The fourth-order valence-corrected chi connectivity index (χ4v) is 4.49. The highest BCUT2D eigenvalue weighted by Crippen LogP contribution is 2.35. The minimum absolute atomic E-state index is 0.292. The molecular weight excluding hydrogens is 360 g/mol. The van der Waals surface area contributed by atoms with E-state index in [1.54, 1.807) is 0 Å². The number of aliphatic carboxylic acids is 1. The Morgan fingerprint density at radius 3 is 2.52 bits per heavy atom. The van der Waals surface area contributed by atoms with Crippen LogP contribution in [0.5, 0.6) is 0 Å². The fraction of sp³-hybridized carbons (Fsp3) is 0.360. The number of carbonyl (C=O) groups is 1. The number of pyridine rings is 1. The van der Waals surface area contributed by atoms with Crippen LogP contribution in [-0.4, -0.2) is 16.1 Å². The average Bonchev–Trinajstić information content (AvgIpc) is 3.11. The van der Waals surface area contributed by atoms with Gasteiger partial charge in [0.05, 0.1) is 5.52 Å². The van der Waals surface area contributed by atoms with E-state index in [0.29, 0.717) is 6.42 Å². The minimum Gasteiger partial charge on any atom is -0.481 e. The van der Waals surface area contributed by atoms with Gasteiger partial charge in [-0.1, -0.05) is 31.0 Å². The van der Waals surface area contributed by atoms with Gasteiger partial charge in [0.25, 0.3) is 0 Å². The van der Waals surface area contributed by atoms with Crippen molar-refractivity contribution in [2.75, 3.05) is 0 Å². The summed E-state index contributed by atoms with van der Waals surface area (Å²) >= 11 is 0. The Hall–Kier alpha value is -2.88. The van der Waals surface area contributed by atoms with Crippen LogP contribution in [0.3, 0.4) is 0 Å². The zero-order valence-corrected chi connectivity index (χ0v) is 17.3. The number of hydrogen-bond donors (Lipinski definition) is 2. The van der Waals surface area contributed by atoms with Gasteiger partial charge in [0, 0.05) is 40.6 Å². The van der Waals surface area contributed by atoms with E-state index in [2.05, 4.69) is 66.1 Å². The molecule has 2 aromatic heterocycles. The van der Waals surface area contributed by atoms with E-state index >= 15 is 0 Å². The molecule has 0 aliphatic rings. The molecule has 2 N–H and O–H groups in total. The molecule has 29 heavy (non-hydrogen) atoms. The van der Waals surface area contributed by atoms with Crippen LogP contribution in [0.1, 0.15) is 49.7 Å². The average molecular weight is 390 g/mol. The zero-order chi connectivity index (χ0) is 20.4. The van der Waals surface area contributed by atoms with Crippen LogP contribution in [0.25, 0.3) is 32.6 Å². The van der Waals surface area contributed by atoms with E-state index < -0.39 is 5.97 Å². The smallest absolute Gasteiger partial charge is 0.303 e. The second-order valence-electron chi connectivity index (χ2n) is 8.09. The van der Waals surface area contributed by atoms with Gasteiger partial charge in [0.15, 0.2) is 12.4 Å². The molecule has 0 saturated heterocycles. The summed E-state index contributed by atoms with van der Waals surface area (Å²) in [5.74, 6) is -0.688. The van der Waals surface area contributed by atoms with Crippen molar-refractivity contribution in [3.63, 3.8) is 0 Å². The molecule has 0 atom stereocenters. The predicted octanol–water partition coefficient (Wildman–Crippen LogP) is 5.80. The van der Waals surface area contributed by atoms with Gasteiger partial charge in [0.2, 0.25) is 0 Å². The van der Waals surface area contributed by atoms with E-state index in [-0.39, 0.29) is 0 Å². The summed E-state index contributed by atoms with van der Waals surface area (Å²) in [7, 11) is 0. The minimum atomic E-state index is -0.688. The number of nitrogens with one attached hydrogen (secondary N) is 1. The summed E-state index contributed by atoms with van der Waals surface area (Å²) in [4.78, 5) is 14.2. The van der Waals surface area contributed by atoms with Crippen molar-refractivity contribution < 1.29 is 14.5 Å². The van der Waals surface area contributed by atoms with Gasteiger partial charge in [-0.3, -0.25) is 4.79 Å². The van der Waals surface area contributed by atoms with Crippen LogP contribution in [0.15, 0.2) is 42.7 Å². The van der Waals surface area contributed by atoms with Gasteiger partial charge in [-0.05, 0) is 49.3 Å². The molecule has 4 nitrogen and oxygen atoms in total. The molecule has 0 saturated carbocycles. The maximum Gasteiger partial charge on any atom is 0.303 e. The second kappa shape index (κ2) is 8.24. The van der Waals surface area contributed by atoms with Crippen LogP contribution < -0.4 is 4.57 Å². The van der Waals surface area contributed by atoms with E-state index in [9.17, 15) is 4.79 Å². The highest BCUT2D eigenvalue weighted by Gasteiger charge is 2.16. The lowest BCUT2D eigenvalue weighted by molar-refractivity contribution is -0.696. The first kappa shape index (κ1) is 19.4. The summed E-state index contributed by atoms with van der Waals surface area (Å²) in [6.45, 7) is 5.44. The summed E-state index contributed by atoms with van der Waals surface area (Å²) in [5, 5.41) is 14.0. The maximum atomic E-state index is 10.6.